The molecule has 80 valence electrons. The molecule has 1 amide bonds. The summed E-state index contributed by atoms with van der Waals surface area (Å²) < 4.78 is 31.2. The summed E-state index contributed by atoms with van der Waals surface area (Å²) in [6.45, 7) is 0. The van der Waals surface area contributed by atoms with Gasteiger partial charge in [-0.3, -0.25) is 4.79 Å². The lowest BCUT2D eigenvalue weighted by molar-refractivity contribution is -0.113. The van der Waals surface area contributed by atoms with Gasteiger partial charge in [0.1, 0.15) is 5.82 Å². The number of rotatable bonds is 3. The topological polar surface area (TPSA) is 52.3 Å². The van der Waals surface area contributed by atoms with Crippen LogP contribution in [0.15, 0.2) is 18.2 Å². The number of ether oxygens (including phenoxy) is 1. The number of halogens is 2. The maximum absolute atomic E-state index is 13.4. The summed E-state index contributed by atoms with van der Waals surface area (Å²) in [6, 6.07) is 2.20. The summed E-state index contributed by atoms with van der Waals surface area (Å²) in [4.78, 5) is 10.4. The molecule has 0 bridgehead atoms. The van der Waals surface area contributed by atoms with Crippen LogP contribution in [0.4, 0.5) is 8.78 Å². The Hall–Kier alpha value is -1.91. The van der Waals surface area contributed by atoms with Gasteiger partial charge in [-0.2, -0.15) is 0 Å². The Morgan fingerprint density at radius 2 is 2.13 bits per heavy atom. The molecule has 0 aliphatic rings. The second-order valence-electron chi connectivity index (χ2n) is 2.71. The summed E-state index contributed by atoms with van der Waals surface area (Å²) in [5, 5.41) is 0. The van der Waals surface area contributed by atoms with E-state index in [9.17, 15) is 13.6 Å². The normalized spacial score (nSPS) is 10.6. The van der Waals surface area contributed by atoms with E-state index in [0.29, 0.717) is 0 Å². The van der Waals surface area contributed by atoms with Crippen LogP contribution in [0.3, 0.4) is 0 Å². The molecule has 0 aliphatic carbocycles. The van der Waals surface area contributed by atoms with Gasteiger partial charge in [-0.15, -0.1) is 0 Å². The zero-order valence-corrected chi connectivity index (χ0v) is 7.96. The number of hydrogen-bond acceptors (Lipinski definition) is 2. The minimum absolute atomic E-state index is 0.0967. The van der Waals surface area contributed by atoms with Gasteiger partial charge in [-0.1, -0.05) is 0 Å². The highest BCUT2D eigenvalue weighted by molar-refractivity contribution is 5.90. The van der Waals surface area contributed by atoms with Crippen LogP contribution < -0.4 is 10.5 Å². The Balaban J connectivity index is 3.21. The SMILES string of the molecule is COc1ccc(F)c(/C=C/C(N)=O)c1F. The van der Waals surface area contributed by atoms with E-state index in [-0.39, 0.29) is 11.3 Å². The van der Waals surface area contributed by atoms with Crippen LogP contribution in [0.2, 0.25) is 0 Å². The largest absolute Gasteiger partial charge is 0.494 e. The number of benzene rings is 1. The molecule has 0 atom stereocenters. The second-order valence-corrected chi connectivity index (χ2v) is 2.71. The minimum atomic E-state index is -0.866. The third-order valence-corrected chi connectivity index (χ3v) is 1.73. The Morgan fingerprint density at radius 1 is 1.47 bits per heavy atom. The van der Waals surface area contributed by atoms with E-state index >= 15 is 0 Å². The van der Waals surface area contributed by atoms with Gasteiger partial charge in [0.15, 0.2) is 11.6 Å². The van der Waals surface area contributed by atoms with Gasteiger partial charge in [0.25, 0.3) is 0 Å². The van der Waals surface area contributed by atoms with E-state index in [4.69, 9.17) is 5.73 Å². The number of methoxy groups -OCH3 is 1. The lowest BCUT2D eigenvalue weighted by atomic mass is 10.1. The highest BCUT2D eigenvalue weighted by atomic mass is 19.1. The lowest BCUT2D eigenvalue weighted by Crippen LogP contribution is -2.05. The molecule has 0 saturated heterocycles. The number of carbonyl (C=O) groups excluding carboxylic acids is 1. The van der Waals surface area contributed by atoms with Crippen molar-refractivity contribution in [3.63, 3.8) is 0 Å². The summed E-state index contributed by atoms with van der Waals surface area (Å²) in [7, 11) is 1.26. The van der Waals surface area contributed by atoms with Crippen molar-refractivity contribution < 1.29 is 18.3 Å². The predicted octanol–water partition coefficient (Wildman–Crippen LogP) is 1.47. The molecule has 0 heterocycles. The molecule has 0 aromatic heterocycles. The van der Waals surface area contributed by atoms with E-state index in [1.165, 1.54) is 7.11 Å². The zero-order valence-electron chi connectivity index (χ0n) is 7.96. The fraction of sp³-hybridized carbons (Fsp3) is 0.100. The van der Waals surface area contributed by atoms with Crippen LogP contribution in [-0.2, 0) is 4.79 Å². The zero-order chi connectivity index (χ0) is 11.4. The number of hydrogen-bond donors (Lipinski definition) is 1. The molecule has 0 unspecified atom stereocenters. The third-order valence-electron chi connectivity index (χ3n) is 1.73. The summed E-state index contributed by atoms with van der Waals surface area (Å²) in [6.07, 6.45) is 1.84. The van der Waals surface area contributed by atoms with Crippen LogP contribution in [0.1, 0.15) is 5.56 Å². The van der Waals surface area contributed by atoms with Crippen molar-refractivity contribution in [3.05, 3.63) is 35.4 Å². The molecule has 1 aromatic rings. The fourth-order valence-corrected chi connectivity index (χ4v) is 1.03. The van der Waals surface area contributed by atoms with Crippen molar-refractivity contribution in [1.82, 2.24) is 0 Å². The number of amides is 1. The number of nitrogens with two attached hydrogens (primary N) is 1. The summed E-state index contributed by atoms with van der Waals surface area (Å²) in [5.74, 6) is -2.53. The number of primary amides is 1. The van der Waals surface area contributed by atoms with Gasteiger partial charge >= 0.3 is 0 Å². The Kier molecular flexibility index (Phi) is 3.38. The molecular formula is C10H9F2NO2. The molecule has 0 radical (unpaired) electrons. The maximum atomic E-state index is 13.4. The van der Waals surface area contributed by atoms with Crippen LogP contribution >= 0.6 is 0 Å². The predicted molar refractivity (Wildman–Crippen MR) is 51.1 cm³/mol. The molecule has 0 saturated carbocycles. The third kappa shape index (κ3) is 2.52. The molecule has 1 aromatic carbocycles. The van der Waals surface area contributed by atoms with Crippen molar-refractivity contribution in [2.24, 2.45) is 5.73 Å². The van der Waals surface area contributed by atoms with Crippen LogP contribution in [0.25, 0.3) is 6.08 Å². The van der Waals surface area contributed by atoms with Gasteiger partial charge in [0, 0.05) is 6.08 Å². The smallest absolute Gasteiger partial charge is 0.241 e. The van der Waals surface area contributed by atoms with Crippen LogP contribution in [0.5, 0.6) is 5.75 Å². The van der Waals surface area contributed by atoms with E-state index in [1.807, 2.05) is 0 Å². The Bertz CT molecular complexity index is 416. The lowest BCUT2D eigenvalue weighted by Gasteiger charge is -2.04. The van der Waals surface area contributed by atoms with E-state index in [2.05, 4.69) is 4.74 Å². The van der Waals surface area contributed by atoms with Crippen LogP contribution in [0, 0.1) is 11.6 Å². The summed E-state index contributed by atoms with van der Waals surface area (Å²) >= 11 is 0. The average Bonchev–Trinajstić information content (AvgIpc) is 2.17. The molecule has 2 N–H and O–H groups in total. The maximum Gasteiger partial charge on any atom is 0.241 e. The van der Waals surface area contributed by atoms with E-state index < -0.39 is 17.5 Å². The quantitative estimate of drug-likeness (QED) is 0.773. The van der Waals surface area contributed by atoms with Crippen molar-refractivity contribution >= 4 is 12.0 Å². The number of carbonyl (C=O) groups is 1. The van der Waals surface area contributed by atoms with Crippen molar-refractivity contribution in [2.45, 2.75) is 0 Å². The van der Waals surface area contributed by atoms with Gasteiger partial charge in [-0.05, 0) is 18.2 Å². The van der Waals surface area contributed by atoms with Gasteiger partial charge in [-0.25, -0.2) is 8.78 Å². The Labute approximate surface area is 85.1 Å². The van der Waals surface area contributed by atoms with Gasteiger partial charge in [0.2, 0.25) is 5.91 Å². The molecule has 0 aliphatic heterocycles. The molecule has 0 spiro atoms. The molecule has 3 nitrogen and oxygen atoms in total. The highest BCUT2D eigenvalue weighted by Gasteiger charge is 2.11. The van der Waals surface area contributed by atoms with Crippen molar-refractivity contribution in [3.8, 4) is 5.75 Å². The molecule has 0 fully saturated rings. The standard InChI is InChI=1S/C10H9F2NO2/c1-15-8-4-3-7(11)6(10(8)12)2-5-9(13)14/h2-5H,1H3,(H2,13,14)/b5-2+. The highest BCUT2D eigenvalue weighted by Crippen LogP contribution is 2.23. The average molecular weight is 213 g/mol. The second kappa shape index (κ2) is 4.54. The molecule has 15 heavy (non-hydrogen) atoms. The van der Waals surface area contributed by atoms with Crippen molar-refractivity contribution in [2.75, 3.05) is 7.11 Å². The summed E-state index contributed by atoms with van der Waals surface area (Å²) in [5.41, 5.74) is 4.46. The van der Waals surface area contributed by atoms with Gasteiger partial charge < -0.3 is 10.5 Å². The molecule has 1 rings (SSSR count). The molecular weight excluding hydrogens is 204 g/mol. The first-order valence-electron chi connectivity index (χ1n) is 4.05. The van der Waals surface area contributed by atoms with E-state index in [0.717, 1.165) is 24.3 Å². The van der Waals surface area contributed by atoms with Crippen LogP contribution in [-0.4, -0.2) is 13.0 Å². The first-order chi connectivity index (χ1) is 7.06. The first kappa shape index (κ1) is 11.2. The van der Waals surface area contributed by atoms with E-state index in [1.54, 1.807) is 0 Å². The molecule has 5 heteroatoms. The minimum Gasteiger partial charge on any atom is -0.494 e. The Morgan fingerprint density at radius 3 is 2.67 bits per heavy atom. The van der Waals surface area contributed by atoms with Crippen molar-refractivity contribution in [1.29, 1.82) is 0 Å². The fourth-order valence-electron chi connectivity index (χ4n) is 1.03. The first-order valence-corrected chi connectivity index (χ1v) is 4.05. The van der Waals surface area contributed by atoms with Gasteiger partial charge in [0.05, 0.1) is 12.7 Å². The monoisotopic (exact) mass is 213 g/mol.